The van der Waals surface area contributed by atoms with E-state index in [1.165, 1.54) is 23.5 Å². The SMILES string of the molecule is CCOC(=O)/C=C/[C@H](CCC(=O)NC(c1ccccc1)(c1ccccc1)c1ccccc1)NC(=O)[C@H](Cc1cccs1)NC(=O)[C@H](CC(C)C)NC(=O)OCc1ccccc1. The van der Waals surface area contributed by atoms with Crippen molar-refractivity contribution in [2.24, 2.45) is 5.92 Å². The van der Waals surface area contributed by atoms with Gasteiger partial charge in [-0.05, 0) is 59.4 Å². The molecule has 12 heteroatoms. The van der Waals surface area contributed by atoms with Crippen LogP contribution in [0.2, 0.25) is 0 Å². The molecule has 0 aliphatic carbocycles. The molecule has 0 radical (unpaired) electrons. The van der Waals surface area contributed by atoms with E-state index in [-0.39, 0.29) is 50.7 Å². The summed E-state index contributed by atoms with van der Waals surface area (Å²) in [7, 11) is 0. The summed E-state index contributed by atoms with van der Waals surface area (Å²) in [6.07, 6.45) is 2.47. The van der Waals surface area contributed by atoms with E-state index in [2.05, 4.69) is 21.3 Å². The molecule has 11 nitrogen and oxygen atoms in total. The molecule has 0 aliphatic heterocycles. The Morgan fingerprint density at radius 1 is 0.672 bits per heavy atom. The molecule has 3 atom stereocenters. The first-order valence-corrected chi connectivity index (χ1v) is 21.4. The monoisotopic (exact) mass is 842 g/mol. The molecule has 4 N–H and O–H groups in total. The summed E-state index contributed by atoms with van der Waals surface area (Å²) in [6, 6.07) is 39.2. The maximum atomic E-state index is 14.3. The quantitative estimate of drug-likeness (QED) is 0.0337. The van der Waals surface area contributed by atoms with Crippen LogP contribution in [-0.4, -0.2) is 54.5 Å². The first kappa shape index (κ1) is 45.6. The Bertz CT molecular complexity index is 2070. The molecule has 5 aromatic rings. The number of nitrogens with one attached hydrogen (secondary N) is 4. The highest BCUT2D eigenvalue weighted by Crippen LogP contribution is 2.37. The zero-order valence-corrected chi connectivity index (χ0v) is 35.6. The maximum Gasteiger partial charge on any atom is 0.408 e. The van der Waals surface area contributed by atoms with E-state index < -0.39 is 47.5 Å². The lowest BCUT2D eigenvalue weighted by Crippen LogP contribution is -2.55. The summed E-state index contributed by atoms with van der Waals surface area (Å²) in [5.74, 6) is -1.98. The minimum Gasteiger partial charge on any atom is -0.463 e. The van der Waals surface area contributed by atoms with Crippen LogP contribution >= 0.6 is 11.3 Å². The van der Waals surface area contributed by atoms with Crippen LogP contribution in [0.5, 0.6) is 0 Å². The van der Waals surface area contributed by atoms with Crippen LogP contribution in [0.15, 0.2) is 151 Å². The normalized spacial score (nSPS) is 12.8. The van der Waals surface area contributed by atoms with Gasteiger partial charge in [0.2, 0.25) is 17.7 Å². The van der Waals surface area contributed by atoms with Crippen LogP contribution in [0.1, 0.15) is 67.2 Å². The van der Waals surface area contributed by atoms with E-state index >= 15 is 0 Å². The molecular formula is C49H54N4O7S. The van der Waals surface area contributed by atoms with E-state index in [1.54, 1.807) is 6.92 Å². The van der Waals surface area contributed by atoms with Crippen LogP contribution < -0.4 is 21.3 Å². The molecule has 0 aliphatic rings. The van der Waals surface area contributed by atoms with E-state index in [0.717, 1.165) is 27.1 Å². The molecule has 0 saturated heterocycles. The van der Waals surface area contributed by atoms with Gasteiger partial charge in [-0.15, -0.1) is 11.3 Å². The first-order chi connectivity index (χ1) is 29.6. The van der Waals surface area contributed by atoms with E-state index in [4.69, 9.17) is 9.47 Å². The predicted molar refractivity (Wildman–Crippen MR) is 237 cm³/mol. The van der Waals surface area contributed by atoms with Crippen LogP contribution in [0, 0.1) is 5.92 Å². The van der Waals surface area contributed by atoms with Crippen LogP contribution in [0.4, 0.5) is 4.79 Å². The van der Waals surface area contributed by atoms with Crippen molar-refractivity contribution in [2.45, 2.75) is 76.7 Å². The molecule has 0 unspecified atom stereocenters. The summed E-state index contributed by atoms with van der Waals surface area (Å²) >= 11 is 1.43. The number of benzene rings is 4. The van der Waals surface area contributed by atoms with Gasteiger partial charge in [0, 0.05) is 29.8 Å². The van der Waals surface area contributed by atoms with Gasteiger partial charge in [0.15, 0.2) is 0 Å². The number of alkyl carbamates (subject to hydrolysis) is 1. The second-order valence-corrected chi connectivity index (χ2v) is 15.9. The summed E-state index contributed by atoms with van der Waals surface area (Å²) in [4.78, 5) is 68.6. The molecule has 5 rings (SSSR count). The van der Waals surface area contributed by atoms with E-state index in [0.29, 0.717) is 0 Å². The highest BCUT2D eigenvalue weighted by molar-refractivity contribution is 7.09. The Labute approximate surface area is 362 Å². The Morgan fingerprint density at radius 2 is 1.23 bits per heavy atom. The summed E-state index contributed by atoms with van der Waals surface area (Å²) in [5, 5.41) is 13.7. The highest BCUT2D eigenvalue weighted by Gasteiger charge is 2.38. The fraction of sp³-hybridized carbons (Fsp3) is 0.286. The minimum atomic E-state index is -1.07. The second kappa shape index (κ2) is 23.3. The predicted octanol–water partition coefficient (Wildman–Crippen LogP) is 7.61. The van der Waals surface area contributed by atoms with Crippen molar-refractivity contribution in [1.29, 1.82) is 0 Å². The van der Waals surface area contributed by atoms with Crippen LogP contribution in [0.3, 0.4) is 0 Å². The minimum absolute atomic E-state index is 0.0164. The van der Waals surface area contributed by atoms with E-state index in [9.17, 15) is 24.0 Å². The Hall–Kier alpha value is -6.53. The molecule has 4 aromatic carbocycles. The van der Waals surface area contributed by atoms with Gasteiger partial charge in [0.05, 0.1) is 6.61 Å². The number of hydrogen-bond acceptors (Lipinski definition) is 8. The number of carbonyl (C=O) groups excluding carboxylic acids is 5. The van der Waals surface area contributed by atoms with Crippen molar-refractivity contribution in [3.8, 4) is 0 Å². The zero-order valence-electron chi connectivity index (χ0n) is 34.8. The lowest BCUT2D eigenvalue weighted by Gasteiger charge is -2.37. The van der Waals surface area contributed by atoms with Crippen molar-refractivity contribution in [3.63, 3.8) is 0 Å². The van der Waals surface area contributed by atoms with Crippen molar-refractivity contribution in [1.82, 2.24) is 21.3 Å². The molecule has 1 aromatic heterocycles. The average Bonchev–Trinajstić information content (AvgIpc) is 3.80. The Kier molecular flexibility index (Phi) is 17.4. The fourth-order valence-corrected chi connectivity index (χ4v) is 7.70. The number of amides is 4. The van der Waals surface area contributed by atoms with Gasteiger partial charge >= 0.3 is 12.1 Å². The van der Waals surface area contributed by atoms with Gasteiger partial charge in [-0.3, -0.25) is 14.4 Å². The third-order valence-electron chi connectivity index (χ3n) is 9.86. The molecule has 0 fully saturated rings. The van der Waals surface area contributed by atoms with Gasteiger partial charge in [0.1, 0.15) is 24.2 Å². The highest BCUT2D eigenvalue weighted by atomic mass is 32.1. The van der Waals surface area contributed by atoms with Gasteiger partial charge in [0.25, 0.3) is 0 Å². The average molecular weight is 843 g/mol. The van der Waals surface area contributed by atoms with Crippen molar-refractivity contribution in [3.05, 3.63) is 178 Å². The number of hydrogen-bond donors (Lipinski definition) is 4. The van der Waals surface area contributed by atoms with Crippen LogP contribution in [-0.2, 0) is 47.2 Å². The van der Waals surface area contributed by atoms with Crippen molar-refractivity contribution >= 4 is 41.1 Å². The number of esters is 1. The number of ether oxygens (including phenoxy) is 2. The first-order valence-electron chi connectivity index (χ1n) is 20.5. The lowest BCUT2D eigenvalue weighted by molar-refractivity contribution is -0.137. The zero-order chi connectivity index (χ0) is 43.5. The van der Waals surface area contributed by atoms with Gasteiger partial charge < -0.3 is 30.7 Å². The second-order valence-electron chi connectivity index (χ2n) is 14.9. The molecule has 4 amide bonds. The summed E-state index contributed by atoms with van der Waals surface area (Å²) < 4.78 is 10.5. The largest absolute Gasteiger partial charge is 0.463 e. The third kappa shape index (κ3) is 13.8. The summed E-state index contributed by atoms with van der Waals surface area (Å²) in [5.41, 5.74) is 2.31. The van der Waals surface area contributed by atoms with Crippen molar-refractivity contribution < 1.29 is 33.4 Å². The lowest BCUT2D eigenvalue weighted by atomic mass is 9.77. The third-order valence-corrected chi connectivity index (χ3v) is 10.8. The van der Waals surface area contributed by atoms with Gasteiger partial charge in [-0.25, -0.2) is 9.59 Å². The van der Waals surface area contributed by atoms with Crippen molar-refractivity contribution in [2.75, 3.05) is 6.61 Å². The summed E-state index contributed by atoms with van der Waals surface area (Å²) in [6.45, 7) is 5.72. The molecule has 0 bridgehead atoms. The maximum absolute atomic E-state index is 14.3. The molecule has 61 heavy (non-hydrogen) atoms. The Morgan fingerprint density at radius 3 is 1.75 bits per heavy atom. The Balaban J connectivity index is 1.36. The number of carbonyl (C=O) groups is 5. The molecule has 0 spiro atoms. The molecule has 0 saturated carbocycles. The van der Waals surface area contributed by atoms with Gasteiger partial charge in [-0.1, -0.05) is 147 Å². The topological polar surface area (TPSA) is 152 Å². The molecule has 1 heterocycles. The molecule has 318 valence electrons. The van der Waals surface area contributed by atoms with E-state index in [1.807, 2.05) is 153 Å². The fourth-order valence-electron chi connectivity index (χ4n) is 6.95. The standard InChI is InChI=1S/C49H54N4O7S/c1-4-59-45(55)30-28-40(27-29-44(54)53-49(37-20-11-6-12-21-37,38-22-13-7-14-23-38)39-24-15-8-16-25-39)50-46(56)43(33-41-26-17-31-61-41)51-47(57)42(32-35(2)3)52-48(58)60-34-36-18-9-5-10-19-36/h5-26,28,30-31,35,40,42-43H,4,27,29,32-34H2,1-3H3,(H,50,56)(H,51,57)(H,52,58)(H,53,54)/b30-28+/t40-,42-,43-/m0/s1. The number of rotatable bonds is 21. The van der Waals surface area contributed by atoms with Gasteiger partial charge in [-0.2, -0.15) is 0 Å². The number of thiophene rings is 1. The van der Waals surface area contributed by atoms with Crippen LogP contribution in [0.25, 0.3) is 0 Å². The smallest absolute Gasteiger partial charge is 0.408 e. The molecular weight excluding hydrogens is 789 g/mol.